The van der Waals surface area contributed by atoms with Gasteiger partial charge in [0.1, 0.15) is 0 Å². The zero-order chi connectivity index (χ0) is 18.8. The SMILES string of the molecule is CC1CCCN(S(=O)(=O)c2ccc(S(=O)(=O)N3CCCCCC3)cc2)C1. The maximum absolute atomic E-state index is 12.8. The van der Waals surface area contributed by atoms with Crippen LogP contribution in [0.2, 0.25) is 0 Å². The normalized spacial score (nSPS) is 24.3. The van der Waals surface area contributed by atoms with E-state index in [2.05, 4.69) is 6.92 Å². The summed E-state index contributed by atoms with van der Waals surface area (Å²) in [5.41, 5.74) is 0. The monoisotopic (exact) mass is 400 g/mol. The lowest BCUT2D eigenvalue weighted by atomic mass is 10.0. The molecule has 0 aromatic heterocycles. The molecule has 0 N–H and O–H groups in total. The van der Waals surface area contributed by atoms with Gasteiger partial charge in [0, 0.05) is 26.2 Å². The minimum absolute atomic E-state index is 0.168. The Hall–Kier alpha value is -0.960. The van der Waals surface area contributed by atoms with Gasteiger partial charge >= 0.3 is 0 Å². The smallest absolute Gasteiger partial charge is 0.207 e. The summed E-state index contributed by atoms with van der Waals surface area (Å²) in [6.45, 7) is 4.18. The van der Waals surface area contributed by atoms with Crippen molar-refractivity contribution in [3.05, 3.63) is 24.3 Å². The van der Waals surface area contributed by atoms with Crippen LogP contribution in [0, 0.1) is 5.92 Å². The van der Waals surface area contributed by atoms with E-state index in [9.17, 15) is 16.8 Å². The molecule has 3 rings (SSSR count). The first kappa shape index (κ1) is 19.8. The second-order valence-electron chi connectivity index (χ2n) is 7.40. The Labute approximate surface area is 157 Å². The van der Waals surface area contributed by atoms with E-state index >= 15 is 0 Å². The van der Waals surface area contributed by atoms with Crippen LogP contribution in [0.25, 0.3) is 0 Å². The Balaban J connectivity index is 1.81. The van der Waals surface area contributed by atoms with E-state index in [1.54, 1.807) is 0 Å². The maximum atomic E-state index is 12.8. The van der Waals surface area contributed by atoms with Gasteiger partial charge < -0.3 is 0 Å². The van der Waals surface area contributed by atoms with Crippen molar-refractivity contribution in [2.24, 2.45) is 5.92 Å². The predicted molar refractivity (Wildman–Crippen MR) is 101 cm³/mol. The summed E-state index contributed by atoms with van der Waals surface area (Å²) in [7, 11) is -7.12. The van der Waals surface area contributed by atoms with E-state index in [1.165, 1.54) is 32.9 Å². The Morgan fingerprint density at radius 1 is 0.731 bits per heavy atom. The molecule has 2 aliphatic rings. The van der Waals surface area contributed by atoms with Gasteiger partial charge in [0.2, 0.25) is 20.0 Å². The number of hydrogen-bond acceptors (Lipinski definition) is 4. The molecule has 1 atom stereocenters. The lowest BCUT2D eigenvalue weighted by Gasteiger charge is -2.30. The predicted octanol–water partition coefficient (Wildman–Crippen LogP) is 2.67. The molecule has 2 saturated heterocycles. The lowest BCUT2D eigenvalue weighted by molar-refractivity contribution is 0.281. The molecule has 6 nitrogen and oxygen atoms in total. The summed E-state index contributed by atoms with van der Waals surface area (Å²) in [5, 5.41) is 0. The standard InChI is InChI=1S/C18H28N2O4S2/c1-16-7-6-14-20(15-16)26(23,24)18-10-8-17(9-11-18)25(21,22)19-12-4-2-3-5-13-19/h8-11,16H,2-7,12-15H2,1H3. The Kier molecular flexibility index (Phi) is 6.06. The molecule has 0 spiro atoms. The number of piperidine rings is 1. The van der Waals surface area contributed by atoms with Gasteiger partial charge in [0.15, 0.2) is 0 Å². The van der Waals surface area contributed by atoms with Crippen molar-refractivity contribution in [1.29, 1.82) is 0 Å². The molecule has 1 aromatic rings. The fraction of sp³-hybridized carbons (Fsp3) is 0.667. The molecule has 146 valence electrons. The van der Waals surface area contributed by atoms with Gasteiger partial charge in [-0.15, -0.1) is 0 Å². The van der Waals surface area contributed by atoms with Gasteiger partial charge in [0.05, 0.1) is 9.79 Å². The third kappa shape index (κ3) is 4.13. The number of sulfonamides is 2. The van der Waals surface area contributed by atoms with E-state index in [4.69, 9.17) is 0 Å². The average molecular weight is 401 g/mol. The number of rotatable bonds is 4. The highest BCUT2D eigenvalue weighted by Gasteiger charge is 2.30. The van der Waals surface area contributed by atoms with Gasteiger partial charge in [-0.3, -0.25) is 0 Å². The highest BCUT2D eigenvalue weighted by Crippen LogP contribution is 2.26. The first-order valence-corrected chi connectivity index (χ1v) is 12.3. The molecular weight excluding hydrogens is 372 g/mol. The highest BCUT2D eigenvalue weighted by molar-refractivity contribution is 7.89. The second kappa shape index (κ2) is 7.96. The highest BCUT2D eigenvalue weighted by atomic mass is 32.2. The van der Waals surface area contributed by atoms with Crippen LogP contribution >= 0.6 is 0 Å². The van der Waals surface area contributed by atoms with Crippen LogP contribution in [0.3, 0.4) is 0 Å². The summed E-state index contributed by atoms with van der Waals surface area (Å²) >= 11 is 0. The molecule has 0 amide bonds. The zero-order valence-corrected chi connectivity index (χ0v) is 16.9. The number of benzene rings is 1. The van der Waals surface area contributed by atoms with Crippen LogP contribution in [-0.4, -0.2) is 51.6 Å². The van der Waals surface area contributed by atoms with Gasteiger partial charge in [-0.1, -0.05) is 19.8 Å². The van der Waals surface area contributed by atoms with E-state index in [1.807, 2.05) is 0 Å². The zero-order valence-electron chi connectivity index (χ0n) is 15.3. The lowest BCUT2D eigenvalue weighted by Crippen LogP contribution is -2.39. The third-order valence-electron chi connectivity index (χ3n) is 5.28. The van der Waals surface area contributed by atoms with Crippen molar-refractivity contribution in [3.8, 4) is 0 Å². The Morgan fingerprint density at radius 3 is 1.69 bits per heavy atom. The minimum Gasteiger partial charge on any atom is -0.207 e. The van der Waals surface area contributed by atoms with Crippen LogP contribution in [0.1, 0.15) is 45.4 Å². The van der Waals surface area contributed by atoms with Crippen LogP contribution < -0.4 is 0 Å². The van der Waals surface area contributed by atoms with Crippen molar-refractivity contribution >= 4 is 20.0 Å². The van der Waals surface area contributed by atoms with Crippen LogP contribution in [0.4, 0.5) is 0 Å². The van der Waals surface area contributed by atoms with Crippen LogP contribution in [0.5, 0.6) is 0 Å². The molecule has 0 aliphatic carbocycles. The number of hydrogen-bond donors (Lipinski definition) is 0. The third-order valence-corrected chi connectivity index (χ3v) is 9.08. The average Bonchev–Trinajstić information content (AvgIpc) is 2.92. The molecule has 8 heteroatoms. The first-order valence-electron chi connectivity index (χ1n) is 9.42. The summed E-state index contributed by atoms with van der Waals surface area (Å²) in [5.74, 6) is 0.348. The van der Waals surface area contributed by atoms with E-state index in [0.29, 0.717) is 32.1 Å². The molecule has 0 radical (unpaired) electrons. The molecule has 26 heavy (non-hydrogen) atoms. The van der Waals surface area contributed by atoms with Gasteiger partial charge in [-0.2, -0.15) is 8.61 Å². The van der Waals surface area contributed by atoms with Gasteiger partial charge in [0.25, 0.3) is 0 Å². The second-order valence-corrected chi connectivity index (χ2v) is 11.3. The molecular formula is C18H28N2O4S2. The maximum Gasteiger partial charge on any atom is 0.243 e. The summed E-state index contributed by atoms with van der Waals surface area (Å²) < 4.78 is 54.3. The van der Waals surface area contributed by atoms with E-state index < -0.39 is 20.0 Å². The number of nitrogens with zero attached hydrogens (tertiary/aromatic N) is 2. The van der Waals surface area contributed by atoms with Crippen LogP contribution in [0.15, 0.2) is 34.1 Å². The van der Waals surface area contributed by atoms with Crippen LogP contribution in [-0.2, 0) is 20.0 Å². The van der Waals surface area contributed by atoms with Crippen molar-refractivity contribution in [1.82, 2.24) is 8.61 Å². The molecule has 1 aromatic carbocycles. The topological polar surface area (TPSA) is 74.8 Å². The quantitative estimate of drug-likeness (QED) is 0.779. The van der Waals surface area contributed by atoms with Crippen molar-refractivity contribution < 1.29 is 16.8 Å². The van der Waals surface area contributed by atoms with Crippen molar-refractivity contribution in [2.75, 3.05) is 26.2 Å². The fourth-order valence-electron chi connectivity index (χ4n) is 3.73. The molecule has 2 heterocycles. The summed E-state index contributed by atoms with van der Waals surface area (Å²) in [6.07, 6.45) is 5.76. The largest absolute Gasteiger partial charge is 0.243 e. The van der Waals surface area contributed by atoms with Gasteiger partial charge in [-0.25, -0.2) is 16.8 Å². The van der Waals surface area contributed by atoms with E-state index in [0.717, 1.165) is 38.5 Å². The van der Waals surface area contributed by atoms with Crippen molar-refractivity contribution in [3.63, 3.8) is 0 Å². The molecule has 2 aliphatic heterocycles. The Morgan fingerprint density at radius 2 is 1.19 bits per heavy atom. The summed E-state index contributed by atoms with van der Waals surface area (Å²) in [4.78, 5) is 0.340. The van der Waals surface area contributed by atoms with E-state index in [-0.39, 0.29) is 9.79 Å². The molecule has 0 saturated carbocycles. The molecule has 1 unspecified atom stereocenters. The molecule has 0 bridgehead atoms. The minimum atomic E-state index is -3.56. The molecule has 2 fully saturated rings. The van der Waals surface area contributed by atoms with Crippen molar-refractivity contribution in [2.45, 2.75) is 55.2 Å². The summed E-state index contributed by atoms with van der Waals surface area (Å²) in [6, 6.07) is 5.72. The fourth-order valence-corrected chi connectivity index (χ4v) is 6.84. The van der Waals surface area contributed by atoms with Gasteiger partial charge in [-0.05, 0) is 55.9 Å². The first-order chi connectivity index (χ1) is 12.3. The Bertz CT molecular complexity index is 760.